The summed E-state index contributed by atoms with van der Waals surface area (Å²) in [5.74, 6) is -0.874. The van der Waals surface area contributed by atoms with Crippen molar-refractivity contribution in [3.63, 3.8) is 0 Å². The minimum absolute atomic E-state index is 0.339. The van der Waals surface area contributed by atoms with Gasteiger partial charge >= 0.3 is 5.97 Å². The van der Waals surface area contributed by atoms with E-state index in [0.717, 1.165) is 18.7 Å². The van der Waals surface area contributed by atoms with E-state index in [9.17, 15) is 4.79 Å². The molecule has 0 atom stereocenters. The number of carboxylic acid groups (broad SMARTS) is 1. The number of carboxylic acids is 1. The van der Waals surface area contributed by atoms with Gasteiger partial charge in [0, 0.05) is 12.2 Å². The van der Waals surface area contributed by atoms with Gasteiger partial charge in [0.15, 0.2) is 0 Å². The van der Waals surface area contributed by atoms with Crippen molar-refractivity contribution < 1.29 is 9.90 Å². The molecule has 0 amide bonds. The minimum atomic E-state index is -0.874. The molecule has 1 rings (SSSR count). The van der Waals surface area contributed by atoms with Crippen LogP contribution < -0.4 is 5.32 Å². The summed E-state index contributed by atoms with van der Waals surface area (Å²) in [6.07, 6.45) is 10.4. The monoisotopic (exact) mass is 277 g/mol. The second-order valence-electron chi connectivity index (χ2n) is 5.29. The quantitative estimate of drug-likeness (QED) is 0.563. The molecule has 0 aromatic heterocycles. The van der Waals surface area contributed by atoms with Crippen molar-refractivity contribution >= 4 is 11.7 Å². The van der Waals surface area contributed by atoms with Crippen molar-refractivity contribution in [2.45, 2.75) is 58.3 Å². The molecule has 0 fully saturated rings. The van der Waals surface area contributed by atoms with Crippen molar-refractivity contribution in [3.05, 3.63) is 29.8 Å². The van der Waals surface area contributed by atoms with Crippen LogP contribution in [0.2, 0.25) is 0 Å². The Labute approximate surface area is 122 Å². The molecule has 0 bridgehead atoms. The average Bonchev–Trinajstić information content (AvgIpc) is 2.46. The van der Waals surface area contributed by atoms with E-state index in [1.54, 1.807) is 18.2 Å². The fraction of sp³-hybridized carbons (Fsp3) is 0.588. The SMILES string of the molecule is CCCCCCCCCCNc1cccc(C(=O)O)c1. The molecule has 0 radical (unpaired) electrons. The normalized spacial score (nSPS) is 10.4. The molecule has 20 heavy (non-hydrogen) atoms. The van der Waals surface area contributed by atoms with Crippen LogP contribution in [0.5, 0.6) is 0 Å². The summed E-state index contributed by atoms with van der Waals surface area (Å²) in [5, 5.41) is 12.2. The standard InChI is InChI=1S/C17H27NO2/c1-2-3-4-5-6-7-8-9-13-18-16-12-10-11-15(14-16)17(19)20/h10-12,14,18H,2-9,13H2,1H3,(H,19,20). The zero-order chi connectivity index (χ0) is 14.6. The van der Waals surface area contributed by atoms with Gasteiger partial charge in [0.2, 0.25) is 0 Å². The molecule has 0 saturated carbocycles. The maximum absolute atomic E-state index is 10.8. The van der Waals surface area contributed by atoms with Gasteiger partial charge in [-0.3, -0.25) is 0 Å². The lowest BCUT2D eigenvalue weighted by molar-refractivity contribution is 0.0697. The summed E-state index contributed by atoms with van der Waals surface area (Å²) in [5.41, 5.74) is 1.23. The van der Waals surface area contributed by atoms with E-state index in [0.29, 0.717) is 5.56 Å². The molecule has 0 aliphatic heterocycles. The molecule has 0 heterocycles. The number of benzene rings is 1. The number of aromatic carboxylic acids is 1. The average molecular weight is 277 g/mol. The molecule has 3 nitrogen and oxygen atoms in total. The molecule has 1 aromatic rings. The number of hydrogen-bond acceptors (Lipinski definition) is 2. The first kappa shape index (κ1) is 16.5. The maximum atomic E-state index is 10.8. The van der Waals surface area contributed by atoms with Gasteiger partial charge in [0.25, 0.3) is 0 Å². The molecule has 112 valence electrons. The van der Waals surface area contributed by atoms with Crippen molar-refractivity contribution in [2.24, 2.45) is 0 Å². The fourth-order valence-corrected chi connectivity index (χ4v) is 2.25. The highest BCUT2D eigenvalue weighted by atomic mass is 16.4. The van der Waals surface area contributed by atoms with Crippen molar-refractivity contribution in [1.82, 2.24) is 0 Å². The Hall–Kier alpha value is -1.51. The van der Waals surface area contributed by atoms with Gasteiger partial charge in [-0.25, -0.2) is 4.79 Å². The van der Waals surface area contributed by atoms with Gasteiger partial charge in [0.05, 0.1) is 5.56 Å². The summed E-state index contributed by atoms with van der Waals surface area (Å²) in [4.78, 5) is 10.8. The Morgan fingerprint density at radius 2 is 1.70 bits per heavy atom. The lowest BCUT2D eigenvalue weighted by Gasteiger charge is -2.07. The van der Waals surface area contributed by atoms with E-state index < -0.39 is 5.97 Å². The predicted octanol–water partition coefficient (Wildman–Crippen LogP) is 4.94. The first-order chi connectivity index (χ1) is 9.74. The molecule has 2 N–H and O–H groups in total. The van der Waals surface area contributed by atoms with Gasteiger partial charge in [-0.2, -0.15) is 0 Å². The first-order valence-electron chi connectivity index (χ1n) is 7.81. The zero-order valence-corrected chi connectivity index (χ0v) is 12.5. The number of anilines is 1. The van der Waals surface area contributed by atoms with Crippen LogP contribution in [0.25, 0.3) is 0 Å². The Bertz CT molecular complexity index is 390. The van der Waals surface area contributed by atoms with Gasteiger partial charge < -0.3 is 10.4 Å². The topological polar surface area (TPSA) is 49.3 Å². The van der Waals surface area contributed by atoms with E-state index >= 15 is 0 Å². The van der Waals surface area contributed by atoms with Crippen molar-refractivity contribution in [2.75, 3.05) is 11.9 Å². The van der Waals surface area contributed by atoms with Crippen LogP contribution in [0, 0.1) is 0 Å². The van der Waals surface area contributed by atoms with Crippen LogP contribution in [0.4, 0.5) is 5.69 Å². The van der Waals surface area contributed by atoms with E-state index in [1.807, 2.05) is 6.07 Å². The van der Waals surface area contributed by atoms with Gasteiger partial charge in [-0.05, 0) is 24.6 Å². The van der Waals surface area contributed by atoms with E-state index in [2.05, 4.69) is 12.2 Å². The molecular weight excluding hydrogens is 250 g/mol. The van der Waals surface area contributed by atoms with Crippen LogP contribution in [0.1, 0.15) is 68.6 Å². The fourth-order valence-electron chi connectivity index (χ4n) is 2.25. The lowest BCUT2D eigenvalue weighted by atomic mass is 10.1. The molecule has 3 heteroatoms. The van der Waals surface area contributed by atoms with E-state index in [1.165, 1.54) is 44.9 Å². The number of hydrogen-bond donors (Lipinski definition) is 2. The van der Waals surface area contributed by atoms with E-state index in [4.69, 9.17) is 5.11 Å². The molecule has 0 spiro atoms. The third kappa shape index (κ3) is 7.17. The largest absolute Gasteiger partial charge is 0.478 e. The predicted molar refractivity (Wildman–Crippen MR) is 84.5 cm³/mol. The highest BCUT2D eigenvalue weighted by Gasteiger charge is 2.02. The van der Waals surface area contributed by atoms with Gasteiger partial charge in [-0.1, -0.05) is 57.9 Å². The van der Waals surface area contributed by atoms with Crippen LogP contribution in [-0.4, -0.2) is 17.6 Å². The second-order valence-corrected chi connectivity index (χ2v) is 5.29. The summed E-state index contributed by atoms with van der Waals surface area (Å²) in [6, 6.07) is 6.99. The Morgan fingerprint density at radius 1 is 1.05 bits per heavy atom. The van der Waals surface area contributed by atoms with Crippen LogP contribution in [0.15, 0.2) is 24.3 Å². The Kier molecular flexibility index (Phi) is 8.52. The highest BCUT2D eigenvalue weighted by molar-refractivity contribution is 5.88. The molecule has 1 aromatic carbocycles. The third-order valence-corrected chi connectivity index (χ3v) is 3.47. The van der Waals surface area contributed by atoms with E-state index in [-0.39, 0.29) is 0 Å². The number of carbonyl (C=O) groups is 1. The Balaban J connectivity index is 2.06. The molecular formula is C17H27NO2. The van der Waals surface area contributed by atoms with Gasteiger partial charge in [0.1, 0.15) is 0 Å². The molecule has 0 aliphatic rings. The number of nitrogens with one attached hydrogen (secondary N) is 1. The molecule has 0 unspecified atom stereocenters. The molecule has 0 saturated heterocycles. The summed E-state index contributed by atoms with van der Waals surface area (Å²) in [7, 11) is 0. The summed E-state index contributed by atoms with van der Waals surface area (Å²) < 4.78 is 0. The molecule has 0 aliphatic carbocycles. The third-order valence-electron chi connectivity index (χ3n) is 3.47. The Morgan fingerprint density at radius 3 is 2.35 bits per heavy atom. The van der Waals surface area contributed by atoms with Crippen LogP contribution in [0.3, 0.4) is 0 Å². The number of unbranched alkanes of at least 4 members (excludes halogenated alkanes) is 7. The maximum Gasteiger partial charge on any atom is 0.335 e. The summed E-state index contributed by atoms with van der Waals surface area (Å²) >= 11 is 0. The lowest BCUT2D eigenvalue weighted by Crippen LogP contribution is -2.03. The van der Waals surface area contributed by atoms with Crippen molar-refractivity contribution in [3.8, 4) is 0 Å². The van der Waals surface area contributed by atoms with Crippen LogP contribution in [-0.2, 0) is 0 Å². The minimum Gasteiger partial charge on any atom is -0.478 e. The van der Waals surface area contributed by atoms with Crippen molar-refractivity contribution in [1.29, 1.82) is 0 Å². The second kappa shape index (κ2) is 10.3. The van der Waals surface area contributed by atoms with Crippen LogP contribution >= 0.6 is 0 Å². The van der Waals surface area contributed by atoms with Gasteiger partial charge in [-0.15, -0.1) is 0 Å². The smallest absolute Gasteiger partial charge is 0.335 e. The summed E-state index contributed by atoms with van der Waals surface area (Å²) in [6.45, 7) is 3.16. The zero-order valence-electron chi connectivity index (χ0n) is 12.5. The number of rotatable bonds is 11. The highest BCUT2D eigenvalue weighted by Crippen LogP contribution is 2.12. The first-order valence-corrected chi connectivity index (χ1v) is 7.81.